The van der Waals surface area contributed by atoms with Crippen LogP contribution in [0.1, 0.15) is 36.1 Å². The lowest BCUT2D eigenvalue weighted by molar-refractivity contribution is 0.344. The van der Waals surface area contributed by atoms with Gasteiger partial charge in [0.25, 0.3) is 0 Å². The van der Waals surface area contributed by atoms with Gasteiger partial charge in [-0.3, -0.25) is 0 Å². The lowest BCUT2D eigenvalue weighted by Crippen LogP contribution is -2.32. The number of thioether (sulfide) groups is 2. The van der Waals surface area contributed by atoms with Crippen LogP contribution >= 0.6 is 23.5 Å². The average molecular weight is 388 g/mol. The van der Waals surface area contributed by atoms with Crippen LogP contribution < -0.4 is 0 Å². The molecule has 0 aliphatic heterocycles. The van der Waals surface area contributed by atoms with Gasteiger partial charge in [-0.1, -0.05) is 62.4 Å². The van der Waals surface area contributed by atoms with Crippen molar-refractivity contribution in [2.45, 2.75) is 44.2 Å². The van der Waals surface area contributed by atoms with Crippen LogP contribution in [0, 0.1) is 0 Å². The summed E-state index contributed by atoms with van der Waals surface area (Å²) >= 11 is 4.10. The van der Waals surface area contributed by atoms with Crippen LogP contribution in [0.15, 0.2) is 48.5 Å². The number of aryl methyl sites for hydroxylation is 2. The third-order valence-electron chi connectivity index (χ3n) is 4.75. The predicted octanol–water partition coefficient (Wildman–Crippen LogP) is 5.91. The summed E-state index contributed by atoms with van der Waals surface area (Å²) < 4.78 is 0. The molecular formula is C23H33NS2. The monoisotopic (exact) mass is 387 g/mol. The Bertz CT molecular complexity index is 566. The Balaban J connectivity index is 1.73. The van der Waals surface area contributed by atoms with Crippen LogP contribution in [0.5, 0.6) is 0 Å². The maximum Gasteiger partial charge on any atom is 0.0271 e. The molecule has 0 radical (unpaired) electrons. The number of hydrogen-bond donors (Lipinski definition) is 0. The standard InChI is InChI=1S/C23H33NS2/c1-5-19-7-11-21(12-8-19)15-25-17-23(24(3)4)18-26-16-22-13-9-20(6-2)10-14-22/h7-14,23H,5-6,15-18H2,1-4H3. The smallest absolute Gasteiger partial charge is 0.0271 e. The zero-order valence-electron chi connectivity index (χ0n) is 16.7. The van der Waals surface area contributed by atoms with E-state index < -0.39 is 0 Å². The summed E-state index contributed by atoms with van der Waals surface area (Å²) in [5.74, 6) is 4.59. The molecule has 0 fully saturated rings. The normalized spacial score (nSPS) is 11.5. The Labute approximate surface area is 169 Å². The first kappa shape index (κ1) is 21.4. The van der Waals surface area contributed by atoms with E-state index in [1.54, 1.807) is 0 Å². The van der Waals surface area contributed by atoms with E-state index in [0.29, 0.717) is 6.04 Å². The van der Waals surface area contributed by atoms with E-state index in [-0.39, 0.29) is 0 Å². The van der Waals surface area contributed by atoms with Gasteiger partial charge in [0.1, 0.15) is 0 Å². The van der Waals surface area contributed by atoms with Crippen LogP contribution in [-0.2, 0) is 24.3 Å². The lowest BCUT2D eigenvalue weighted by atomic mass is 10.1. The van der Waals surface area contributed by atoms with E-state index in [1.165, 1.54) is 33.8 Å². The Hall–Kier alpha value is -0.900. The highest BCUT2D eigenvalue weighted by Gasteiger charge is 2.12. The maximum atomic E-state index is 2.38. The van der Waals surface area contributed by atoms with E-state index in [1.807, 2.05) is 0 Å². The predicted molar refractivity (Wildman–Crippen MR) is 121 cm³/mol. The molecule has 0 saturated heterocycles. The summed E-state index contributed by atoms with van der Waals surface area (Å²) in [6, 6.07) is 18.8. The first-order valence-corrected chi connectivity index (χ1v) is 11.9. The quantitative estimate of drug-likeness (QED) is 0.472. The third-order valence-corrected chi connectivity index (χ3v) is 7.07. The Morgan fingerprint density at radius 3 is 1.31 bits per heavy atom. The van der Waals surface area contributed by atoms with Crippen molar-refractivity contribution in [3.05, 3.63) is 70.8 Å². The Morgan fingerprint density at radius 2 is 1.00 bits per heavy atom. The molecule has 2 aromatic carbocycles. The largest absolute Gasteiger partial charge is 0.305 e. The van der Waals surface area contributed by atoms with E-state index in [4.69, 9.17) is 0 Å². The molecule has 2 rings (SSSR count). The summed E-state index contributed by atoms with van der Waals surface area (Å²) in [4.78, 5) is 2.38. The summed E-state index contributed by atoms with van der Waals surface area (Å²) in [5.41, 5.74) is 5.73. The molecule has 1 nitrogen and oxygen atoms in total. The molecule has 0 aromatic heterocycles. The Kier molecular flexibility index (Phi) is 9.66. The number of benzene rings is 2. The van der Waals surface area contributed by atoms with Crippen LogP contribution in [-0.4, -0.2) is 36.5 Å². The van der Waals surface area contributed by atoms with E-state index in [2.05, 4.69) is 105 Å². The fourth-order valence-electron chi connectivity index (χ4n) is 2.71. The minimum absolute atomic E-state index is 0.620. The summed E-state index contributed by atoms with van der Waals surface area (Å²) in [5, 5.41) is 0. The lowest BCUT2D eigenvalue weighted by Gasteiger charge is -2.23. The highest BCUT2D eigenvalue weighted by Crippen LogP contribution is 2.20. The van der Waals surface area contributed by atoms with Crippen LogP contribution in [0.4, 0.5) is 0 Å². The molecule has 0 saturated carbocycles. The number of rotatable bonds is 11. The van der Waals surface area contributed by atoms with Gasteiger partial charge in [0, 0.05) is 29.1 Å². The third kappa shape index (κ3) is 7.38. The van der Waals surface area contributed by atoms with E-state index in [0.717, 1.165) is 24.3 Å². The fraction of sp³-hybridized carbons (Fsp3) is 0.478. The molecule has 0 N–H and O–H groups in total. The van der Waals surface area contributed by atoms with Gasteiger partial charge in [0.15, 0.2) is 0 Å². The van der Waals surface area contributed by atoms with Gasteiger partial charge in [-0.15, -0.1) is 0 Å². The van der Waals surface area contributed by atoms with Gasteiger partial charge >= 0.3 is 0 Å². The Morgan fingerprint density at radius 1 is 0.654 bits per heavy atom. The molecular weight excluding hydrogens is 354 g/mol. The minimum Gasteiger partial charge on any atom is -0.305 e. The van der Waals surface area contributed by atoms with Crippen molar-refractivity contribution in [3.63, 3.8) is 0 Å². The van der Waals surface area contributed by atoms with Gasteiger partial charge in [-0.05, 0) is 49.2 Å². The van der Waals surface area contributed by atoms with Gasteiger partial charge in [-0.2, -0.15) is 23.5 Å². The maximum absolute atomic E-state index is 2.38. The molecule has 0 aliphatic carbocycles. The molecule has 26 heavy (non-hydrogen) atoms. The molecule has 0 bridgehead atoms. The van der Waals surface area contributed by atoms with Crippen molar-refractivity contribution >= 4 is 23.5 Å². The second kappa shape index (κ2) is 11.7. The average Bonchev–Trinajstić information content (AvgIpc) is 2.67. The number of hydrogen-bond acceptors (Lipinski definition) is 3. The summed E-state index contributed by atoms with van der Waals surface area (Å²) in [6.07, 6.45) is 2.24. The zero-order chi connectivity index (χ0) is 18.8. The first-order valence-electron chi connectivity index (χ1n) is 9.59. The summed E-state index contributed by atoms with van der Waals surface area (Å²) in [7, 11) is 4.41. The summed E-state index contributed by atoms with van der Waals surface area (Å²) in [6.45, 7) is 4.42. The molecule has 0 atom stereocenters. The minimum atomic E-state index is 0.620. The van der Waals surface area contributed by atoms with Crippen LogP contribution in [0.3, 0.4) is 0 Å². The topological polar surface area (TPSA) is 3.24 Å². The van der Waals surface area contributed by atoms with E-state index >= 15 is 0 Å². The fourth-order valence-corrected chi connectivity index (χ4v) is 5.33. The zero-order valence-corrected chi connectivity index (χ0v) is 18.3. The molecule has 3 heteroatoms. The molecule has 0 unspecified atom stereocenters. The van der Waals surface area contributed by atoms with E-state index in [9.17, 15) is 0 Å². The highest BCUT2D eigenvalue weighted by atomic mass is 32.2. The van der Waals surface area contributed by atoms with Gasteiger partial charge in [0.05, 0.1) is 0 Å². The van der Waals surface area contributed by atoms with Crippen molar-refractivity contribution in [2.75, 3.05) is 25.6 Å². The molecule has 0 amide bonds. The highest BCUT2D eigenvalue weighted by molar-refractivity contribution is 7.99. The van der Waals surface area contributed by atoms with Crippen molar-refractivity contribution in [1.29, 1.82) is 0 Å². The second-order valence-corrected chi connectivity index (χ2v) is 9.05. The van der Waals surface area contributed by atoms with Gasteiger partial charge < -0.3 is 4.90 Å². The molecule has 2 aromatic rings. The molecule has 142 valence electrons. The first-order chi connectivity index (χ1) is 12.6. The number of nitrogens with zero attached hydrogens (tertiary/aromatic N) is 1. The second-order valence-electron chi connectivity index (χ2n) is 6.99. The molecule has 0 aliphatic rings. The molecule has 0 spiro atoms. The van der Waals surface area contributed by atoms with Crippen molar-refractivity contribution < 1.29 is 0 Å². The van der Waals surface area contributed by atoms with Crippen molar-refractivity contribution in [3.8, 4) is 0 Å². The SMILES string of the molecule is CCc1ccc(CSCC(CSCc2ccc(CC)cc2)N(C)C)cc1. The molecule has 0 heterocycles. The van der Waals surface area contributed by atoms with Crippen molar-refractivity contribution in [1.82, 2.24) is 4.90 Å². The van der Waals surface area contributed by atoms with Gasteiger partial charge in [0.2, 0.25) is 0 Å². The van der Waals surface area contributed by atoms with Crippen LogP contribution in [0.25, 0.3) is 0 Å². The van der Waals surface area contributed by atoms with Crippen LogP contribution in [0.2, 0.25) is 0 Å². The van der Waals surface area contributed by atoms with Crippen molar-refractivity contribution in [2.24, 2.45) is 0 Å². The van der Waals surface area contributed by atoms with Gasteiger partial charge in [-0.25, -0.2) is 0 Å².